The second-order valence-corrected chi connectivity index (χ2v) is 4.89. The van der Waals surface area contributed by atoms with Gasteiger partial charge in [0.1, 0.15) is 11.6 Å². The Kier molecular flexibility index (Phi) is 4.36. The van der Waals surface area contributed by atoms with Gasteiger partial charge in [-0.1, -0.05) is 6.92 Å². The van der Waals surface area contributed by atoms with Crippen molar-refractivity contribution in [1.29, 1.82) is 0 Å². The number of nitrogens with two attached hydrogens (primary N) is 1. The van der Waals surface area contributed by atoms with E-state index >= 15 is 0 Å². The van der Waals surface area contributed by atoms with Gasteiger partial charge in [0, 0.05) is 25.1 Å². The molecule has 0 unspecified atom stereocenters. The van der Waals surface area contributed by atoms with Crippen molar-refractivity contribution < 1.29 is 0 Å². The molecule has 1 aromatic heterocycles. The van der Waals surface area contributed by atoms with E-state index in [4.69, 9.17) is 5.73 Å². The Morgan fingerprint density at radius 3 is 2.89 bits per heavy atom. The molecular weight excluding hydrogens is 228 g/mol. The van der Waals surface area contributed by atoms with E-state index in [2.05, 4.69) is 21.8 Å². The Balaban J connectivity index is 2.19. The van der Waals surface area contributed by atoms with Gasteiger partial charge in [0.25, 0.3) is 5.56 Å². The van der Waals surface area contributed by atoms with Crippen LogP contribution in [0.2, 0.25) is 0 Å². The molecule has 1 aromatic rings. The minimum absolute atomic E-state index is 0.0456. The summed E-state index contributed by atoms with van der Waals surface area (Å²) in [4.78, 5) is 21.3. The first-order chi connectivity index (χ1) is 8.74. The SMILES string of the molecule is CCCN(CCCN)c1cc(=O)[nH]c(C2CC2)n1. The molecule has 1 aliphatic carbocycles. The van der Waals surface area contributed by atoms with Crippen LogP contribution in [0.15, 0.2) is 10.9 Å². The fourth-order valence-corrected chi connectivity index (χ4v) is 2.07. The van der Waals surface area contributed by atoms with Crippen LogP contribution >= 0.6 is 0 Å². The van der Waals surface area contributed by atoms with Gasteiger partial charge in [-0.25, -0.2) is 4.98 Å². The molecule has 0 atom stereocenters. The molecule has 18 heavy (non-hydrogen) atoms. The molecule has 3 N–H and O–H groups in total. The zero-order valence-corrected chi connectivity index (χ0v) is 11.0. The van der Waals surface area contributed by atoms with E-state index < -0.39 is 0 Å². The first kappa shape index (κ1) is 13.1. The van der Waals surface area contributed by atoms with Crippen LogP contribution in [0.3, 0.4) is 0 Å². The molecular formula is C13H22N4O. The number of anilines is 1. The number of rotatable bonds is 7. The summed E-state index contributed by atoms with van der Waals surface area (Å²) in [5.41, 5.74) is 5.51. The van der Waals surface area contributed by atoms with Crippen LogP contribution in [-0.4, -0.2) is 29.6 Å². The summed E-state index contributed by atoms with van der Waals surface area (Å²) in [5.74, 6) is 2.12. The molecule has 1 fully saturated rings. The monoisotopic (exact) mass is 250 g/mol. The normalized spacial score (nSPS) is 14.8. The number of nitrogens with one attached hydrogen (secondary N) is 1. The van der Waals surface area contributed by atoms with Crippen molar-refractivity contribution in [3.05, 3.63) is 22.2 Å². The molecule has 0 aromatic carbocycles. The molecule has 0 bridgehead atoms. The maximum absolute atomic E-state index is 11.7. The van der Waals surface area contributed by atoms with Gasteiger partial charge in [-0.3, -0.25) is 4.79 Å². The van der Waals surface area contributed by atoms with Crippen molar-refractivity contribution in [3.63, 3.8) is 0 Å². The lowest BCUT2D eigenvalue weighted by atomic mass is 10.3. The Morgan fingerprint density at radius 1 is 1.50 bits per heavy atom. The Hall–Kier alpha value is -1.36. The van der Waals surface area contributed by atoms with Gasteiger partial charge in [-0.15, -0.1) is 0 Å². The number of aromatic nitrogens is 2. The molecule has 0 amide bonds. The van der Waals surface area contributed by atoms with E-state index in [0.717, 1.165) is 50.4 Å². The van der Waals surface area contributed by atoms with E-state index in [-0.39, 0.29) is 5.56 Å². The lowest BCUT2D eigenvalue weighted by Gasteiger charge is -2.23. The summed E-state index contributed by atoms with van der Waals surface area (Å²) in [5, 5.41) is 0. The molecule has 0 spiro atoms. The zero-order chi connectivity index (χ0) is 13.0. The van der Waals surface area contributed by atoms with Crippen molar-refractivity contribution in [1.82, 2.24) is 9.97 Å². The lowest BCUT2D eigenvalue weighted by molar-refractivity contribution is 0.705. The maximum atomic E-state index is 11.7. The third kappa shape index (κ3) is 3.32. The Bertz CT molecular complexity index is 439. The van der Waals surface area contributed by atoms with Gasteiger partial charge in [0.2, 0.25) is 0 Å². The van der Waals surface area contributed by atoms with E-state index in [1.54, 1.807) is 6.07 Å². The largest absolute Gasteiger partial charge is 0.356 e. The minimum atomic E-state index is -0.0456. The lowest BCUT2D eigenvalue weighted by Crippen LogP contribution is -2.29. The standard InChI is InChI=1S/C13H22N4O/c1-2-7-17(8-3-6-14)11-9-12(18)16-13(15-11)10-4-5-10/h9-10H,2-8,14H2,1H3,(H,15,16,18). The van der Waals surface area contributed by atoms with E-state index in [1.165, 1.54) is 0 Å². The fraction of sp³-hybridized carbons (Fsp3) is 0.692. The van der Waals surface area contributed by atoms with E-state index in [9.17, 15) is 4.79 Å². The van der Waals surface area contributed by atoms with E-state index in [1.807, 2.05) is 0 Å². The van der Waals surface area contributed by atoms with Crippen LogP contribution in [0, 0.1) is 0 Å². The number of hydrogen-bond donors (Lipinski definition) is 2. The van der Waals surface area contributed by atoms with Crippen molar-refractivity contribution in [3.8, 4) is 0 Å². The van der Waals surface area contributed by atoms with Crippen molar-refractivity contribution >= 4 is 5.82 Å². The Morgan fingerprint density at radius 2 is 2.28 bits per heavy atom. The number of aromatic amines is 1. The molecule has 5 nitrogen and oxygen atoms in total. The second-order valence-electron chi connectivity index (χ2n) is 4.89. The summed E-state index contributed by atoms with van der Waals surface area (Å²) in [6, 6.07) is 1.60. The van der Waals surface area contributed by atoms with Crippen molar-refractivity contribution in [2.75, 3.05) is 24.5 Å². The zero-order valence-electron chi connectivity index (χ0n) is 11.0. The van der Waals surface area contributed by atoms with Crippen LogP contribution < -0.4 is 16.2 Å². The van der Waals surface area contributed by atoms with Crippen molar-refractivity contribution in [2.45, 2.75) is 38.5 Å². The third-order valence-corrected chi connectivity index (χ3v) is 3.16. The predicted molar refractivity (Wildman–Crippen MR) is 73.0 cm³/mol. The number of nitrogens with zero attached hydrogens (tertiary/aromatic N) is 2. The summed E-state index contributed by atoms with van der Waals surface area (Å²) in [6.45, 7) is 4.58. The highest BCUT2D eigenvalue weighted by Gasteiger charge is 2.26. The van der Waals surface area contributed by atoms with Crippen LogP contribution in [0.1, 0.15) is 44.3 Å². The van der Waals surface area contributed by atoms with E-state index in [0.29, 0.717) is 12.5 Å². The maximum Gasteiger partial charge on any atom is 0.252 e. The molecule has 0 saturated heterocycles. The summed E-state index contributed by atoms with van der Waals surface area (Å²) >= 11 is 0. The third-order valence-electron chi connectivity index (χ3n) is 3.16. The first-order valence-electron chi connectivity index (χ1n) is 6.81. The van der Waals surface area contributed by atoms with Crippen LogP contribution in [0.25, 0.3) is 0 Å². The predicted octanol–water partition coefficient (Wildman–Crippen LogP) is 1.21. The summed E-state index contributed by atoms with van der Waals surface area (Å²) in [7, 11) is 0. The summed E-state index contributed by atoms with van der Waals surface area (Å²) < 4.78 is 0. The van der Waals surface area contributed by atoms with Crippen LogP contribution in [0.4, 0.5) is 5.82 Å². The highest BCUT2D eigenvalue weighted by atomic mass is 16.1. The number of hydrogen-bond acceptors (Lipinski definition) is 4. The number of H-pyrrole nitrogens is 1. The van der Waals surface area contributed by atoms with Gasteiger partial charge in [0.15, 0.2) is 0 Å². The molecule has 1 heterocycles. The van der Waals surface area contributed by atoms with Gasteiger partial charge in [-0.2, -0.15) is 0 Å². The molecule has 0 aliphatic heterocycles. The fourth-order valence-electron chi connectivity index (χ4n) is 2.07. The van der Waals surface area contributed by atoms with Gasteiger partial charge >= 0.3 is 0 Å². The van der Waals surface area contributed by atoms with Gasteiger partial charge < -0.3 is 15.6 Å². The average molecular weight is 250 g/mol. The highest BCUT2D eigenvalue weighted by Crippen LogP contribution is 2.37. The Labute approximate surface area is 107 Å². The average Bonchev–Trinajstić information content (AvgIpc) is 3.17. The van der Waals surface area contributed by atoms with Crippen molar-refractivity contribution in [2.24, 2.45) is 5.73 Å². The molecule has 5 heteroatoms. The molecule has 2 rings (SSSR count). The molecule has 1 saturated carbocycles. The first-order valence-corrected chi connectivity index (χ1v) is 6.81. The highest BCUT2D eigenvalue weighted by molar-refractivity contribution is 5.38. The summed E-state index contributed by atoms with van der Waals surface area (Å²) in [6.07, 6.45) is 4.25. The molecule has 100 valence electrons. The molecule has 1 aliphatic rings. The minimum Gasteiger partial charge on any atom is -0.356 e. The van der Waals surface area contributed by atoms with Crippen LogP contribution in [-0.2, 0) is 0 Å². The van der Waals surface area contributed by atoms with Gasteiger partial charge in [-0.05, 0) is 32.2 Å². The quantitative estimate of drug-likeness (QED) is 0.763. The topological polar surface area (TPSA) is 75.0 Å². The molecule has 0 radical (unpaired) electrons. The van der Waals surface area contributed by atoms with Crippen LogP contribution in [0.5, 0.6) is 0 Å². The van der Waals surface area contributed by atoms with Gasteiger partial charge in [0.05, 0.1) is 0 Å². The smallest absolute Gasteiger partial charge is 0.252 e. The second kappa shape index (κ2) is 6.00.